The third-order valence-electron chi connectivity index (χ3n) is 9.03. The molecule has 2 nitrogen and oxygen atoms in total. The predicted octanol–water partition coefficient (Wildman–Crippen LogP) is 9.74. The first-order chi connectivity index (χ1) is 16.6. The second kappa shape index (κ2) is 9.36. The van der Waals surface area contributed by atoms with E-state index in [-0.39, 0.29) is 10.1 Å². The van der Waals surface area contributed by atoms with E-state index in [1.54, 1.807) is 0 Å². The zero-order valence-electron chi connectivity index (χ0n) is 24.3. The molecule has 2 aliphatic carbocycles. The maximum absolute atomic E-state index is 7.01. The van der Waals surface area contributed by atoms with Crippen LogP contribution in [0.4, 0.5) is 0 Å². The van der Waals surface area contributed by atoms with Crippen LogP contribution in [0.25, 0.3) is 11.5 Å². The molecule has 2 aliphatic rings. The molecule has 0 saturated carbocycles. The summed E-state index contributed by atoms with van der Waals surface area (Å²) in [4.78, 5) is 0. The van der Waals surface area contributed by atoms with E-state index in [1.165, 1.54) is 44.9 Å². The Morgan fingerprint density at radius 2 is 0.917 bits per heavy atom. The summed E-state index contributed by atoms with van der Waals surface area (Å²) in [5, 5.41) is 0.338. The van der Waals surface area contributed by atoms with E-state index < -0.39 is 16.6 Å². The second-order valence-electron chi connectivity index (χ2n) is 13.8. The van der Waals surface area contributed by atoms with Crippen LogP contribution in [0.5, 0.6) is 0 Å². The smallest absolute Gasteiger partial charge is 0.250 e. The molecule has 4 rings (SSSR count). The van der Waals surface area contributed by atoms with Crippen molar-refractivity contribution in [2.45, 2.75) is 103 Å². The highest BCUT2D eigenvalue weighted by Gasteiger charge is 2.42. The van der Waals surface area contributed by atoms with Gasteiger partial charge in [-0.1, -0.05) is 90.1 Å². The molecule has 0 bridgehead atoms. The number of rotatable bonds is 7. The van der Waals surface area contributed by atoms with E-state index >= 15 is 0 Å². The van der Waals surface area contributed by atoms with Crippen LogP contribution in [0.2, 0.25) is 36.3 Å². The molecule has 2 aromatic carbocycles. The molecule has 0 atom stereocenters. The zero-order chi connectivity index (χ0) is 26.5. The lowest BCUT2D eigenvalue weighted by Crippen LogP contribution is -2.40. The summed E-state index contributed by atoms with van der Waals surface area (Å²) in [6.45, 7) is 23.4. The van der Waals surface area contributed by atoms with Gasteiger partial charge in [0.15, 0.2) is 0 Å². The maximum Gasteiger partial charge on any atom is 0.250 e. The zero-order valence-corrected chi connectivity index (χ0v) is 26.3. The molecule has 2 aromatic rings. The van der Waals surface area contributed by atoms with Crippen LogP contribution in [-0.2, 0) is 21.7 Å². The molecule has 4 heteroatoms. The van der Waals surface area contributed by atoms with Gasteiger partial charge in [-0.25, -0.2) is 0 Å². The summed E-state index contributed by atoms with van der Waals surface area (Å²) in [5.74, 6) is 2.33. The van der Waals surface area contributed by atoms with E-state index in [9.17, 15) is 0 Å². The summed E-state index contributed by atoms with van der Waals surface area (Å²) in [6.07, 6.45) is 4.04. The summed E-state index contributed by atoms with van der Waals surface area (Å²) in [6, 6.07) is 17.7. The van der Waals surface area contributed by atoms with Crippen molar-refractivity contribution in [3.05, 3.63) is 81.9 Å². The fourth-order valence-corrected chi connectivity index (χ4v) is 6.71. The third-order valence-corrected chi connectivity index (χ3v) is 17.7. The summed E-state index contributed by atoms with van der Waals surface area (Å²) in [7, 11) is -3.90. The summed E-state index contributed by atoms with van der Waals surface area (Å²) in [5.41, 5.74) is 8.33. The molecule has 0 saturated heterocycles. The van der Waals surface area contributed by atoms with Crippen LogP contribution in [0.3, 0.4) is 0 Å². The van der Waals surface area contributed by atoms with Crippen molar-refractivity contribution in [3.63, 3.8) is 0 Å². The Kier molecular flexibility index (Phi) is 7.02. The standard InChI is InChI=1S/C32H46O2Si2/c1-31(2,3)35(7,8)33-29-25(21-23-15-11-13-17-27(23)29)19-20-26-22-24-16-12-14-18-28(24)30(26)34-36(9,10)32(4,5)6/h11-18H,19-22H2,1-10H3. The molecule has 36 heavy (non-hydrogen) atoms. The molecule has 0 heterocycles. The second-order valence-corrected chi connectivity index (χ2v) is 23.2. The quantitative estimate of drug-likeness (QED) is 0.340. The van der Waals surface area contributed by atoms with Gasteiger partial charge in [-0.2, -0.15) is 0 Å². The van der Waals surface area contributed by atoms with Crippen LogP contribution in [0.1, 0.15) is 76.6 Å². The first-order valence-corrected chi connectivity index (χ1v) is 19.4. The van der Waals surface area contributed by atoms with Gasteiger partial charge in [0.1, 0.15) is 11.5 Å². The van der Waals surface area contributed by atoms with Gasteiger partial charge in [-0.15, -0.1) is 0 Å². The van der Waals surface area contributed by atoms with Gasteiger partial charge in [0.25, 0.3) is 16.6 Å². The SMILES string of the molecule is CC(C)(C)[Si](C)(C)OC1=C(CCC2=C(O[Si](C)(C)C(C)(C)C)c3ccccc3C2)Cc2ccccc21. The fraction of sp³-hybridized carbons (Fsp3) is 0.500. The van der Waals surface area contributed by atoms with Crippen LogP contribution in [-0.4, -0.2) is 16.6 Å². The van der Waals surface area contributed by atoms with Gasteiger partial charge >= 0.3 is 0 Å². The van der Waals surface area contributed by atoms with Gasteiger partial charge in [0.05, 0.1) is 0 Å². The van der Waals surface area contributed by atoms with Gasteiger partial charge in [0, 0.05) is 11.1 Å². The predicted molar refractivity (Wildman–Crippen MR) is 160 cm³/mol. The molecule has 0 fully saturated rings. The molecule has 0 radical (unpaired) electrons. The van der Waals surface area contributed by atoms with E-state index in [4.69, 9.17) is 8.85 Å². The summed E-state index contributed by atoms with van der Waals surface area (Å²) < 4.78 is 14.0. The number of fused-ring (bicyclic) bond motifs is 2. The van der Waals surface area contributed by atoms with Crippen molar-refractivity contribution >= 4 is 28.2 Å². The average molecular weight is 519 g/mol. The van der Waals surface area contributed by atoms with Gasteiger partial charge in [-0.3, -0.25) is 0 Å². The molecule has 0 unspecified atom stereocenters. The van der Waals surface area contributed by atoms with Crippen molar-refractivity contribution in [3.8, 4) is 0 Å². The highest BCUT2D eigenvalue weighted by molar-refractivity contribution is 6.75. The minimum atomic E-state index is -1.95. The first kappa shape index (κ1) is 27.0. The minimum Gasteiger partial charge on any atom is -0.543 e. The Morgan fingerprint density at radius 3 is 1.25 bits per heavy atom. The Bertz CT molecular complexity index is 1110. The molecule has 0 amide bonds. The highest BCUT2D eigenvalue weighted by atomic mass is 28.4. The average Bonchev–Trinajstić information content (AvgIpc) is 3.28. The Morgan fingerprint density at radius 1 is 0.583 bits per heavy atom. The Labute approximate surface area is 222 Å². The fourth-order valence-electron chi connectivity index (χ4n) is 4.57. The largest absolute Gasteiger partial charge is 0.543 e. The minimum absolute atomic E-state index is 0.169. The lowest BCUT2D eigenvalue weighted by molar-refractivity contribution is 0.452. The number of benzene rings is 2. The molecular weight excluding hydrogens is 473 g/mol. The van der Waals surface area contributed by atoms with Crippen molar-refractivity contribution in [2.24, 2.45) is 0 Å². The number of hydrogen-bond donors (Lipinski definition) is 0. The molecule has 0 N–H and O–H groups in total. The van der Waals surface area contributed by atoms with Crippen LogP contribution in [0, 0.1) is 0 Å². The number of hydrogen-bond acceptors (Lipinski definition) is 2. The van der Waals surface area contributed by atoms with Crippen LogP contribution < -0.4 is 0 Å². The van der Waals surface area contributed by atoms with Crippen LogP contribution >= 0.6 is 0 Å². The highest BCUT2D eigenvalue weighted by Crippen LogP contribution is 2.47. The Hall–Kier alpha value is -2.05. The maximum atomic E-state index is 7.01. The van der Waals surface area contributed by atoms with Crippen molar-refractivity contribution in [1.29, 1.82) is 0 Å². The molecule has 0 aromatic heterocycles. The van der Waals surface area contributed by atoms with Crippen molar-refractivity contribution in [1.82, 2.24) is 0 Å². The normalized spacial score (nSPS) is 16.4. The Balaban J connectivity index is 1.67. The van der Waals surface area contributed by atoms with Gasteiger partial charge in [0.2, 0.25) is 0 Å². The lowest BCUT2D eigenvalue weighted by atomic mass is 10.0. The van der Waals surface area contributed by atoms with E-state index in [1.807, 2.05) is 0 Å². The molecule has 0 spiro atoms. The topological polar surface area (TPSA) is 18.5 Å². The van der Waals surface area contributed by atoms with Crippen molar-refractivity contribution in [2.75, 3.05) is 0 Å². The lowest BCUT2D eigenvalue weighted by Gasteiger charge is -2.37. The van der Waals surface area contributed by atoms with Crippen LogP contribution in [0.15, 0.2) is 59.7 Å². The number of allylic oxidation sites excluding steroid dienone is 2. The van der Waals surface area contributed by atoms with Gasteiger partial charge in [-0.05, 0) is 84.2 Å². The summed E-state index contributed by atoms with van der Waals surface area (Å²) >= 11 is 0. The monoisotopic (exact) mass is 518 g/mol. The van der Waals surface area contributed by atoms with E-state index in [2.05, 4.69) is 116 Å². The van der Waals surface area contributed by atoms with E-state index in [0.717, 1.165) is 25.7 Å². The molecule has 194 valence electrons. The van der Waals surface area contributed by atoms with E-state index in [0.29, 0.717) is 0 Å². The van der Waals surface area contributed by atoms with Crippen molar-refractivity contribution < 1.29 is 8.85 Å². The molecular formula is C32H46O2Si2. The molecule has 0 aliphatic heterocycles. The van der Waals surface area contributed by atoms with Gasteiger partial charge < -0.3 is 8.85 Å². The third kappa shape index (κ3) is 5.17. The first-order valence-electron chi connectivity index (χ1n) is 13.6.